The number of amides is 1. The lowest BCUT2D eigenvalue weighted by Crippen LogP contribution is -2.47. The fourth-order valence-corrected chi connectivity index (χ4v) is 4.83. The third-order valence-electron chi connectivity index (χ3n) is 3.60. The fraction of sp³-hybridized carbons (Fsp3) is 0.941. The van der Waals surface area contributed by atoms with Gasteiger partial charge in [-0.15, -0.1) is 0 Å². The van der Waals surface area contributed by atoms with Crippen molar-refractivity contribution in [2.24, 2.45) is 5.92 Å². The third-order valence-corrected chi connectivity index (χ3v) is 6.50. The minimum Gasteiger partial charge on any atom is -0.373 e. The third kappa shape index (κ3) is 10.1. The summed E-state index contributed by atoms with van der Waals surface area (Å²) in [6.07, 6.45) is 4.54. The molecule has 0 fully saturated rings. The summed E-state index contributed by atoms with van der Waals surface area (Å²) in [7, 11) is -2.62. The lowest BCUT2D eigenvalue weighted by molar-refractivity contribution is -0.124. The summed E-state index contributed by atoms with van der Waals surface area (Å²) in [5.74, 6) is 0.194. The molecule has 0 heterocycles. The molecule has 0 saturated carbocycles. The van der Waals surface area contributed by atoms with Crippen molar-refractivity contribution in [2.45, 2.75) is 72.8 Å². The quantitative estimate of drug-likeness (QED) is 0.362. The zero-order valence-electron chi connectivity index (χ0n) is 15.8. The Morgan fingerprint density at radius 1 is 0.957 bits per heavy atom. The first-order valence-corrected chi connectivity index (χ1v) is 11.2. The van der Waals surface area contributed by atoms with Crippen LogP contribution in [0.15, 0.2) is 0 Å². The van der Waals surface area contributed by atoms with Crippen LogP contribution in [0.25, 0.3) is 0 Å². The topological polar surface area (TPSA) is 56.8 Å². The van der Waals surface area contributed by atoms with Gasteiger partial charge >= 0.3 is 8.80 Å². The van der Waals surface area contributed by atoms with Crippen molar-refractivity contribution in [3.05, 3.63) is 0 Å². The maximum Gasteiger partial charge on any atom is 0.501 e. The van der Waals surface area contributed by atoms with E-state index in [-0.39, 0.29) is 11.8 Å². The van der Waals surface area contributed by atoms with Crippen LogP contribution in [0.1, 0.15) is 66.7 Å². The molecule has 0 aromatic rings. The van der Waals surface area contributed by atoms with E-state index in [1.165, 1.54) is 0 Å². The van der Waals surface area contributed by atoms with E-state index >= 15 is 0 Å². The largest absolute Gasteiger partial charge is 0.501 e. The second-order valence-corrected chi connectivity index (χ2v) is 8.66. The SMILES string of the molecule is CCCO[Si](CCCNC(=O)C(C)CC)(OCCC)OCCC. The molecule has 0 aliphatic heterocycles. The van der Waals surface area contributed by atoms with Crippen LogP contribution in [0.3, 0.4) is 0 Å². The summed E-state index contributed by atoms with van der Waals surface area (Å²) in [6, 6.07) is 0.758. The van der Waals surface area contributed by atoms with E-state index in [0.29, 0.717) is 26.4 Å². The zero-order valence-corrected chi connectivity index (χ0v) is 16.8. The van der Waals surface area contributed by atoms with Gasteiger partial charge in [0, 0.05) is 38.3 Å². The molecule has 1 unspecified atom stereocenters. The number of hydrogen-bond donors (Lipinski definition) is 1. The highest BCUT2D eigenvalue weighted by atomic mass is 28.4. The first-order valence-electron chi connectivity index (χ1n) is 9.24. The normalized spacial score (nSPS) is 13.1. The van der Waals surface area contributed by atoms with Crippen molar-refractivity contribution in [3.63, 3.8) is 0 Å². The monoisotopic (exact) mass is 347 g/mol. The average molecular weight is 348 g/mol. The minimum atomic E-state index is -2.62. The summed E-state index contributed by atoms with van der Waals surface area (Å²) in [5, 5.41) is 2.99. The highest BCUT2D eigenvalue weighted by molar-refractivity contribution is 6.60. The van der Waals surface area contributed by atoms with Crippen molar-refractivity contribution in [1.29, 1.82) is 0 Å². The number of rotatable bonds is 15. The van der Waals surface area contributed by atoms with Gasteiger partial charge < -0.3 is 18.6 Å². The van der Waals surface area contributed by atoms with Crippen LogP contribution in [0.5, 0.6) is 0 Å². The molecule has 0 saturated heterocycles. The van der Waals surface area contributed by atoms with E-state index in [0.717, 1.165) is 38.1 Å². The van der Waals surface area contributed by atoms with E-state index in [1.54, 1.807) is 0 Å². The number of nitrogens with one attached hydrogen (secondary N) is 1. The summed E-state index contributed by atoms with van der Waals surface area (Å²) < 4.78 is 18.1. The highest BCUT2D eigenvalue weighted by Crippen LogP contribution is 2.19. The number of carbonyl (C=O) groups is 1. The molecule has 0 aliphatic rings. The van der Waals surface area contributed by atoms with Crippen LogP contribution in [0.2, 0.25) is 6.04 Å². The van der Waals surface area contributed by atoms with Crippen LogP contribution in [-0.2, 0) is 18.1 Å². The van der Waals surface area contributed by atoms with Gasteiger partial charge in [-0.2, -0.15) is 0 Å². The van der Waals surface area contributed by atoms with Gasteiger partial charge in [-0.1, -0.05) is 34.6 Å². The lowest BCUT2D eigenvalue weighted by Gasteiger charge is -2.29. The lowest BCUT2D eigenvalue weighted by atomic mass is 10.1. The van der Waals surface area contributed by atoms with Crippen LogP contribution < -0.4 is 5.32 Å². The predicted molar refractivity (Wildman–Crippen MR) is 96.4 cm³/mol. The molecule has 138 valence electrons. The zero-order chi connectivity index (χ0) is 17.6. The summed E-state index contributed by atoms with van der Waals surface area (Å²) in [5.41, 5.74) is 0. The fourth-order valence-electron chi connectivity index (χ4n) is 1.99. The van der Waals surface area contributed by atoms with Crippen molar-refractivity contribution >= 4 is 14.7 Å². The van der Waals surface area contributed by atoms with Crippen LogP contribution in [-0.4, -0.2) is 41.1 Å². The molecular formula is C17H37NO4Si. The molecule has 0 rings (SSSR count). The number of hydrogen-bond acceptors (Lipinski definition) is 4. The molecule has 0 aromatic heterocycles. The van der Waals surface area contributed by atoms with Crippen LogP contribution in [0.4, 0.5) is 0 Å². The number of carbonyl (C=O) groups excluding carboxylic acids is 1. The maximum atomic E-state index is 11.8. The predicted octanol–water partition coefficient (Wildman–Crippen LogP) is 3.76. The van der Waals surface area contributed by atoms with E-state index in [9.17, 15) is 4.79 Å². The Bertz CT molecular complexity index is 281. The Labute approximate surface area is 143 Å². The summed E-state index contributed by atoms with van der Waals surface area (Å²) in [6.45, 7) is 12.9. The molecule has 0 aliphatic carbocycles. The van der Waals surface area contributed by atoms with Crippen molar-refractivity contribution < 1.29 is 18.1 Å². The Kier molecular flexibility index (Phi) is 13.7. The molecule has 1 N–H and O–H groups in total. The minimum absolute atomic E-state index is 0.0704. The summed E-state index contributed by atoms with van der Waals surface area (Å²) >= 11 is 0. The van der Waals surface area contributed by atoms with Crippen LogP contribution >= 0.6 is 0 Å². The standard InChI is InChI=1S/C17H37NO4Si/c1-6-12-20-23(21-13-7-2,22-14-8-3)15-10-11-18-17(19)16(5)9-4/h16H,6-15H2,1-5H3,(H,18,19). The van der Waals surface area contributed by atoms with Gasteiger partial charge in [0.05, 0.1) is 0 Å². The average Bonchev–Trinajstić information content (AvgIpc) is 2.58. The Hall–Kier alpha value is -0.433. The van der Waals surface area contributed by atoms with Gasteiger partial charge in [0.15, 0.2) is 0 Å². The van der Waals surface area contributed by atoms with Gasteiger partial charge in [-0.25, -0.2) is 0 Å². The van der Waals surface area contributed by atoms with Crippen molar-refractivity contribution in [1.82, 2.24) is 5.32 Å². The second-order valence-electron chi connectivity index (χ2n) is 5.93. The van der Waals surface area contributed by atoms with Gasteiger partial charge in [0.2, 0.25) is 5.91 Å². The molecule has 0 radical (unpaired) electrons. The highest BCUT2D eigenvalue weighted by Gasteiger charge is 2.40. The van der Waals surface area contributed by atoms with Gasteiger partial charge in [-0.3, -0.25) is 4.79 Å². The van der Waals surface area contributed by atoms with Crippen molar-refractivity contribution in [3.8, 4) is 0 Å². The first kappa shape index (κ1) is 22.6. The molecular weight excluding hydrogens is 310 g/mol. The molecule has 5 nitrogen and oxygen atoms in total. The first-order chi connectivity index (χ1) is 11.0. The Morgan fingerprint density at radius 2 is 1.43 bits per heavy atom. The molecule has 1 atom stereocenters. The van der Waals surface area contributed by atoms with Gasteiger partial charge in [0.25, 0.3) is 0 Å². The molecule has 1 amide bonds. The Balaban J connectivity index is 4.48. The van der Waals surface area contributed by atoms with Crippen molar-refractivity contribution in [2.75, 3.05) is 26.4 Å². The second kappa shape index (κ2) is 14.0. The van der Waals surface area contributed by atoms with Crippen LogP contribution in [0, 0.1) is 5.92 Å². The van der Waals surface area contributed by atoms with Gasteiger partial charge in [-0.05, 0) is 32.1 Å². The van der Waals surface area contributed by atoms with Gasteiger partial charge in [0.1, 0.15) is 0 Å². The van der Waals surface area contributed by atoms with E-state index in [1.807, 2.05) is 13.8 Å². The molecule has 0 bridgehead atoms. The van der Waals surface area contributed by atoms with E-state index < -0.39 is 8.80 Å². The smallest absolute Gasteiger partial charge is 0.373 e. The molecule has 23 heavy (non-hydrogen) atoms. The maximum absolute atomic E-state index is 11.8. The molecule has 0 aromatic carbocycles. The Morgan fingerprint density at radius 3 is 1.83 bits per heavy atom. The molecule has 6 heteroatoms. The van der Waals surface area contributed by atoms with E-state index in [2.05, 4.69) is 26.1 Å². The van der Waals surface area contributed by atoms with E-state index in [4.69, 9.17) is 13.3 Å². The summed E-state index contributed by atoms with van der Waals surface area (Å²) in [4.78, 5) is 11.8. The molecule has 0 spiro atoms.